The average molecular weight is 918 g/mol. The number of carbonyl (C=O) groups excluding carboxylic acids is 2. The van der Waals surface area contributed by atoms with Gasteiger partial charge in [0.15, 0.2) is 5.65 Å². The molecule has 0 radical (unpaired) electrons. The lowest BCUT2D eigenvalue weighted by atomic mass is 9.82. The van der Waals surface area contributed by atoms with Crippen LogP contribution in [0.3, 0.4) is 0 Å². The molecule has 1 aliphatic carbocycles. The zero-order valence-electron chi connectivity index (χ0n) is 37.2. The highest BCUT2D eigenvalue weighted by molar-refractivity contribution is 7.21. The standard InChI is InChI=1S/C48H55N9O6S2/c1-5-30-26-56(34-13-11-31-22-33(12-10-32(31)23-34)53-46(59)43-40(49)37-14-9-28(2)52-47(37)65-43)17-15-36(30)45(58)50-16-18-62-19-20-63-27-39-54-44-42(64-39)38-24-51-57(48(60)41(38)55(44)3)25-29-7-6-8-35(21-29)61-4/h6-9,11,13-14,21,23-24,30,33,36H,5,10,12,15-20,22,25-27,49H2,1-4H3,(H,50,58)(H,53,59)/t30-,33-,36?/m0/s1. The van der Waals surface area contributed by atoms with Crippen LogP contribution in [-0.4, -0.2) is 88.7 Å². The Balaban J connectivity index is 0.691. The number of nitrogens with one attached hydrogen (secondary N) is 2. The number of piperidine rings is 1. The molecule has 4 N–H and O–H groups in total. The Hall–Kier alpha value is -5.88. The number of hydrogen-bond acceptors (Lipinski definition) is 13. The first kappa shape index (κ1) is 44.3. The van der Waals surface area contributed by atoms with E-state index in [9.17, 15) is 14.4 Å². The Kier molecular flexibility index (Phi) is 13.2. The number of nitrogen functional groups attached to an aromatic ring is 1. The van der Waals surface area contributed by atoms with Gasteiger partial charge in [0.05, 0.1) is 56.7 Å². The van der Waals surface area contributed by atoms with E-state index < -0.39 is 0 Å². The number of aromatic nitrogens is 5. The minimum absolute atomic E-state index is 0.0387. The first-order valence-corrected chi connectivity index (χ1v) is 23.9. The third-order valence-corrected chi connectivity index (χ3v) is 15.0. The van der Waals surface area contributed by atoms with E-state index in [-0.39, 0.29) is 35.3 Å². The second-order valence-corrected chi connectivity index (χ2v) is 19.1. The van der Waals surface area contributed by atoms with Gasteiger partial charge >= 0.3 is 0 Å². The summed E-state index contributed by atoms with van der Waals surface area (Å²) >= 11 is 2.85. The van der Waals surface area contributed by atoms with Gasteiger partial charge in [-0.2, -0.15) is 5.10 Å². The zero-order chi connectivity index (χ0) is 45.2. The highest BCUT2D eigenvalue weighted by Crippen LogP contribution is 2.35. The number of nitrogens with two attached hydrogens (primary N) is 1. The van der Waals surface area contributed by atoms with Crippen LogP contribution < -0.4 is 31.6 Å². The molecule has 15 nitrogen and oxygen atoms in total. The highest BCUT2D eigenvalue weighted by Gasteiger charge is 2.34. The van der Waals surface area contributed by atoms with Gasteiger partial charge in [-0.15, -0.1) is 22.7 Å². The van der Waals surface area contributed by atoms with Crippen LogP contribution in [0, 0.1) is 18.8 Å². The predicted octanol–water partition coefficient (Wildman–Crippen LogP) is 6.39. The van der Waals surface area contributed by atoms with Crippen molar-refractivity contribution in [2.75, 3.05) is 57.2 Å². The lowest BCUT2D eigenvalue weighted by molar-refractivity contribution is -0.127. The average Bonchev–Trinajstić information content (AvgIpc) is 3.97. The third kappa shape index (κ3) is 9.32. The maximum absolute atomic E-state index is 13.5. The van der Waals surface area contributed by atoms with Crippen LogP contribution in [0.4, 0.5) is 11.4 Å². The molecule has 2 aliphatic rings. The van der Waals surface area contributed by atoms with Gasteiger partial charge < -0.3 is 40.0 Å². The quantitative estimate of drug-likeness (QED) is 0.0915. The Morgan fingerprint density at radius 1 is 0.985 bits per heavy atom. The van der Waals surface area contributed by atoms with Crippen molar-refractivity contribution in [1.82, 2.24) is 34.9 Å². The van der Waals surface area contributed by atoms with Crippen molar-refractivity contribution in [2.45, 2.75) is 65.1 Å². The molecule has 2 amide bonds. The van der Waals surface area contributed by atoms with Crippen molar-refractivity contribution < 1.29 is 23.8 Å². The monoisotopic (exact) mass is 917 g/mol. The predicted molar refractivity (Wildman–Crippen MR) is 256 cm³/mol. The number of thiophene rings is 1. The fraction of sp³-hybridized carbons (Fsp3) is 0.417. The largest absolute Gasteiger partial charge is 0.497 e. The lowest BCUT2D eigenvalue weighted by Crippen LogP contribution is -2.47. The van der Waals surface area contributed by atoms with Crippen molar-refractivity contribution in [1.29, 1.82) is 0 Å². The van der Waals surface area contributed by atoms with Crippen molar-refractivity contribution in [3.05, 3.63) is 103 Å². The second kappa shape index (κ2) is 19.3. The van der Waals surface area contributed by atoms with E-state index in [0.717, 1.165) is 93.2 Å². The molecule has 1 aliphatic heterocycles. The fourth-order valence-electron chi connectivity index (χ4n) is 9.30. The summed E-state index contributed by atoms with van der Waals surface area (Å²) in [6.07, 6.45) is 5.98. The van der Waals surface area contributed by atoms with Gasteiger partial charge in [0.2, 0.25) is 5.91 Å². The summed E-state index contributed by atoms with van der Waals surface area (Å²) in [5, 5.41) is 13.2. The van der Waals surface area contributed by atoms with Crippen molar-refractivity contribution in [3.63, 3.8) is 0 Å². The van der Waals surface area contributed by atoms with E-state index in [1.807, 2.05) is 54.9 Å². The normalized spacial score (nSPS) is 17.5. The summed E-state index contributed by atoms with van der Waals surface area (Å²) in [4.78, 5) is 53.2. The maximum atomic E-state index is 13.5. The van der Waals surface area contributed by atoms with Gasteiger partial charge in [0.25, 0.3) is 11.5 Å². The molecule has 65 heavy (non-hydrogen) atoms. The molecule has 2 aromatic carbocycles. The van der Waals surface area contributed by atoms with Crippen molar-refractivity contribution >= 4 is 77.3 Å². The molecule has 1 unspecified atom stereocenters. The number of rotatable bonds is 16. The molecule has 0 bridgehead atoms. The van der Waals surface area contributed by atoms with Gasteiger partial charge in [0, 0.05) is 60.8 Å². The number of nitrogens with zero attached hydrogens (tertiary/aromatic N) is 6. The molecule has 0 spiro atoms. The smallest absolute Gasteiger partial charge is 0.291 e. The molecular formula is C48H55N9O6S2. The fourth-order valence-corrected chi connectivity index (χ4v) is 11.4. The number of anilines is 2. The number of thiazole rings is 1. The third-order valence-electron chi connectivity index (χ3n) is 12.8. The van der Waals surface area contributed by atoms with Gasteiger partial charge in [-0.05, 0) is 91.6 Å². The Morgan fingerprint density at radius 3 is 2.69 bits per heavy atom. The molecule has 9 rings (SSSR count). The minimum atomic E-state index is -0.175. The number of amides is 2. The number of pyridine rings is 1. The van der Waals surface area contributed by atoms with E-state index in [1.54, 1.807) is 13.3 Å². The Morgan fingerprint density at radius 2 is 1.85 bits per heavy atom. The van der Waals surface area contributed by atoms with Crippen LogP contribution in [0.25, 0.3) is 31.5 Å². The number of hydrogen-bond donors (Lipinski definition) is 3. The molecule has 1 saturated heterocycles. The Labute approximate surface area is 384 Å². The molecule has 5 aromatic heterocycles. The Bertz CT molecular complexity index is 2940. The van der Waals surface area contributed by atoms with E-state index in [0.29, 0.717) is 55.6 Å². The summed E-state index contributed by atoms with van der Waals surface area (Å²) in [7, 11) is 3.47. The van der Waals surface area contributed by atoms with Crippen LogP contribution in [-0.2, 0) is 47.3 Å². The molecule has 7 aromatic rings. The number of ether oxygens (including phenoxy) is 3. The van der Waals surface area contributed by atoms with Crippen LogP contribution in [0.15, 0.2) is 65.6 Å². The minimum Gasteiger partial charge on any atom is -0.497 e. The zero-order valence-corrected chi connectivity index (χ0v) is 38.9. The van der Waals surface area contributed by atoms with Crippen molar-refractivity contribution in [2.24, 2.45) is 18.9 Å². The van der Waals surface area contributed by atoms with Gasteiger partial charge in [0.1, 0.15) is 26.0 Å². The highest BCUT2D eigenvalue weighted by atomic mass is 32.1. The van der Waals surface area contributed by atoms with Crippen LogP contribution >= 0.6 is 22.7 Å². The molecule has 340 valence electrons. The lowest BCUT2D eigenvalue weighted by Gasteiger charge is -2.39. The summed E-state index contributed by atoms with van der Waals surface area (Å²) in [5.41, 5.74) is 13.6. The molecule has 1 fully saturated rings. The summed E-state index contributed by atoms with van der Waals surface area (Å²) < 4.78 is 21.2. The summed E-state index contributed by atoms with van der Waals surface area (Å²) in [5.74, 6) is 0.890. The molecule has 6 heterocycles. The van der Waals surface area contributed by atoms with Gasteiger partial charge in [-0.25, -0.2) is 14.6 Å². The first-order valence-electron chi connectivity index (χ1n) is 22.3. The summed E-state index contributed by atoms with van der Waals surface area (Å²) in [6.45, 7) is 8.03. The summed E-state index contributed by atoms with van der Waals surface area (Å²) in [6, 6.07) is 18.2. The molecule has 0 saturated carbocycles. The van der Waals surface area contributed by atoms with Crippen LogP contribution in [0.5, 0.6) is 5.75 Å². The van der Waals surface area contributed by atoms with Crippen LogP contribution in [0.2, 0.25) is 0 Å². The molecule has 17 heteroatoms. The number of benzene rings is 2. The number of methoxy groups -OCH3 is 1. The van der Waals surface area contributed by atoms with E-state index in [2.05, 4.69) is 50.7 Å². The topological polar surface area (TPSA) is 181 Å². The van der Waals surface area contributed by atoms with E-state index in [4.69, 9.17) is 24.9 Å². The van der Waals surface area contributed by atoms with Crippen molar-refractivity contribution in [3.8, 4) is 5.75 Å². The number of fused-ring (bicyclic) bond motifs is 5. The number of carbonyl (C=O) groups is 2. The van der Waals surface area contributed by atoms with E-state index in [1.165, 1.54) is 44.2 Å². The number of aryl methyl sites for hydroxylation is 3. The van der Waals surface area contributed by atoms with Gasteiger partial charge in [-0.3, -0.25) is 14.4 Å². The second-order valence-electron chi connectivity index (χ2n) is 17.0. The van der Waals surface area contributed by atoms with Gasteiger partial charge in [-0.1, -0.05) is 31.5 Å². The molecular weight excluding hydrogens is 863 g/mol. The van der Waals surface area contributed by atoms with E-state index >= 15 is 0 Å². The maximum Gasteiger partial charge on any atom is 0.291 e. The SMILES string of the molecule is CC[C@H]1CN(c2ccc3c(c2)CC[C@H](NC(=O)c2sc4nc(C)ccc4c2N)C3)CCC1C(=O)NCCOCCOCc1nc2c(s1)c1cnn(Cc3cccc(OC)c3)c(=O)c1n2C. The van der Waals surface area contributed by atoms with Crippen LogP contribution in [0.1, 0.15) is 63.2 Å². The molecule has 3 atom stereocenters. The first-order chi connectivity index (χ1) is 31.6.